The molecule has 13 heteroatoms. The van der Waals surface area contributed by atoms with E-state index >= 15 is 0 Å². The Hall–Kier alpha value is -1.60. The van der Waals surface area contributed by atoms with Crippen LogP contribution in [0.2, 0.25) is 10.0 Å². The molecular weight excluding hydrogens is 523 g/mol. The Morgan fingerprint density at radius 2 is 2.03 bits per heavy atom. The van der Waals surface area contributed by atoms with E-state index < -0.39 is 16.7 Å². The number of benzene rings is 1. The maximum atomic E-state index is 12.7. The molecule has 0 radical (unpaired) electrons. The third-order valence-corrected chi connectivity index (χ3v) is 9.15. The lowest BCUT2D eigenvalue weighted by atomic mass is 10.1. The van der Waals surface area contributed by atoms with E-state index in [1.165, 1.54) is 24.2 Å². The Morgan fingerprint density at radius 3 is 2.76 bits per heavy atom. The lowest BCUT2D eigenvalue weighted by Gasteiger charge is -2.15. The highest BCUT2D eigenvalue weighted by molar-refractivity contribution is 8.01. The summed E-state index contributed by atoms with van der Waals surface area (Å²) in [6.45, 7) is 1.70. The van der Waals surface area contributed by atoms with Crippen molar-refractivity contribution in [2.75, 3.05) is 38.3 Å². The van der Waals surface area contributed by atoms with E-state index in [0.29, 0.717) is 30.7 Å². The van der Waals surface area contributed by atoms with Crippen molar-refractivity contribution >= 4 is 68.7 Å². The summed E-state index contributed by atoms with van der Waals surface area (Å²) in [6.07, 6.45) is 2.98. The molecule has 2 unspecified atom stereocenters. The normalized spacial score (nSPS) is 17.4. The van der Waals surface area contributed by atoms with Gasteiger partial charge in [-0.2, -0.15) is 0 Å². The van der Waals surface area contributed by atoms with Crippen LogP contribution in [0.3, 0.4) is 0 Å². The lowest BCUT2D eigenvalue weighted by Crippen LogP contribution is -2.30. The zero-order chi connectivity index (χ0) is 23.5. The van der Waals surface area contributed by atoms with Crippen molar-refractivity contribution in [3.8, 4) is 0 Å². The quantitative estimate of drug-likeness (QED) is 0.441. The van der Waals surface area contributed by atoms with E-state index in [0.717, 1.165) is 34.9 Å². The average molecular weight is 544 g/mol. The summed E-state index contributed by atoms with van der Waals surface area (Å²) in [6, 6.07) is 5.54. The molecule has 2 aromatic heterocycles. The molecular formula is C20H20Cl2N6O2S3. The molecule has 1 aliphatic heterocycles. The number of hydrogen-bond donors (Lipinski definition) is 2. The fourth-order valence-electron chi connectivity index (χ4n) is 3.17. The first-order valence-electron chi connectivity index (χ1n) is 9.84. The second-order valence-corrected chi connectivity index (χ2v) is 11.9. The zero-order valence-corrected chi connectivity index (χ0v) is 21.6. The van der Waals surface area contributed by atoms with Gasteiger partial charge in [0.25, 0.3) is 5.91 Å². The second kappa shape index (κ2) is 10.8. The van der Waals surface area contributed by atoms with Crippen LogP contribution in [-0.2, 0) is 10.8 Å². The van der Waals surface area contributed by atoms with E-state index in [1.807, 2.05) is 26.2 Å². The standard InChI is InChI=1S/C20H20Cl2N6O2S3/c1-28(2)6-5-24-15-10-33(30)16-7-11(3-4-12(15)16)25-18(29)19-26-27-20(32-19)31-17-13(21)8-23-9-14(17)22/h3-4,7-9,15,24H,5-6,10H2,1-2H3,(H,25,29). The summed E-state index contributed by atoms with van der Waals surface area (Å²) < 4.78 is 13.1. The van der Waals surface area contributed by atoms with Gasteiger partial charge in [-0.05, 0) is 31.8 Å². The minimum atomic E-state index is -1.12. The first-order valence-corrected chi connectivity index (χ1v) is 13.5. The van der Waals surface area contributed by atoms with Crippen molar-refractivity contribution in [3.05, 3.63) is 51.2 Å². The van der Waals surface area contributed by atoms with E-state index in [1.54, 1.807) is 6.07 Å². The summed E-state index contributed by atoms with van der Waals surface area (Å²) >= 11 is 14.6. The highest BCUT2D eigenvalue weighted by atomic mass is 35.5. The van der Waals surface area contributed by atoms with Gasteiger partial charge in [-0.25, -0.2) is 0 Å². The largest absolute Gasteiger partial charge is 0.320 e. The molecule has 0 saturated carbocycles. The molecule has 4 rings (SSSR count). The Morgan fingerprint density at radius 1 is 1.27 bits per heavy atom. The molecule has 1 aliphatic rings. The zero-order valence-electron chi connectivity index (χ0n) is 17.7. The Labute approximate surface area is 211 Å². The number of aromatic nitrogens is 3. The van der Waals surface area contributed by atoms with Gasteiger partial charge in [0.05, 0.1) is 25.7 Å². The molecule has 8 nitrogen and oxygen atoms in total. The van der Waals surface area contributed by atoms with Crippen molar-refractivity contribution in [3.63, 3.8) is 0 Å². The number of halogens is 2. The summed E-state index contributed by atoms with van der Waals surface area (Å²) in [4.78, 5) is 20.1. The summed E-state index contributed by atoms with van der Waals surface area (Å²) in [7, 11) is 2.91. The van der Waals surface area contributed by atoms with E-state index in [4.69, 9.17) is 23.2 Å². The van der Waals surface area contributed by atoms with Crippen LogP contribution in [0.4, 0.5) is 5.69 Å². The summed E-state index contributed by atoms with van der Waals surface area (Å²) in [5.74, 6) is 0.132. The van der Waals surface area contributed by atoms with E-state index in [-0.39, 0.29) is 11.0 Å². The molecule has 1 amide bonds. The van der Waals surface area contributed by atoms with Gasteiger partial charge in [-0.15, -0.1) is 10.2 Å². The van der Waals surface area contributed by atoms with Crippen LogP contribution in [0.25, 0.3) is 0 Å². The van der Waals surface area contributed by atoms with E-state index in [9.17, 15) is 9.00 Å². The predicted molar refractivity (Wildman–Crippen MR) is 133 cm³/mol. The summed E-state index contributed by atoms with van der Waals surface area (Å²) in [5.41, 5.74) is 1.57. The van der Waals surface area contributed by atoms with Gasteiger partial charge in [0, 0.05) is 47.9 Å². The molecule has 3 heterocycles. The van der Waals surface area contributed by atoms with E-state index in [2.05, 4.69) is 30.7 Å². The van der Waals surface area contributed by atoms with Crippen LogP contribution in [0.1, 0.15) is 21.4 Å². The maximum Gasteiger partial charge on any atom is 0.286 e. The third-order valence-electron chi connectivity index (χ3n) is 4.76. The van der Waals surface area contributed by atoms with Gasteiger partial charge >= 0.3 is 0 Å². The van der Waals surface area contributed by atoms with Crippen LogP contribution in [0, 0.1) is 0 Å². The number of nitrogens with one attached hydrogen (secondary N) is 2. The van der Waals surface area contributed by atoms with Gasteiger partial charge < -0.3 is 15.5 Å². The van der Waals surface area contributed by atoms with Crippen LogP contribution in [0.5, 0.6) is 0 Å². The fraction of sp³-hybridized carbons (Fsp3) is 0.300. The van der Waals surface area contributed by atoms with Gasteiger partial charge in [-0.3, -0.25) is 14.0 Å². The molecule has 33 heavy (non-hydrogen) atoms. The predicted octanol–water partition coefficient (Wildman–Crippen LogP) is 3.96. The molecule has 0 fully saturated rings. The molecule has 3 aromatic rings. The first kappa shape index (κ1) is 24.5. The average Bonchev–Trinajstić information content (AvgIpc) is 3.36. The number of nitrogens with zero attached hydrogens (tertiary/aromatic N) is 4. The number of likely N-dealkylation sites (N-methyl/N-ethyl adjacent to an activating group) is 1. The highest BCUT2D eigenvalue weighted by Crippen LogP contribution is 2.39. The van der Waals surface area contributed by atoms with Gasteiger partial charge in [0.15, 0.2) is 4.34 Å². The Balaban J connectivity index is 1.42. The first-order chi connectivity index (χ1) is 15.8. The van der Waals surface area contributed by atoms with Crippen molar-refractivity contribution in [2.45, 2.75) is 20.2 Å². The highest BCUT2D eigenvalue weighted by Gasteiger charge is 2.28. The monoisotopic (exact) mass is 542 g/mol. The van der Waals surface area contributed by atoms with Crippen molar-refractivity contribution in [2.24, 2.45) is 0 Å². The van der Waals surface area contributed by atoms with Gasteiger partial charge in [-0.1, -0.05) is 52.4 Å². The van der Waals surface area contributed by atoms with Crippen LogP contribution in [-0.4, -0.2) is 63.1 Å². The minimum absolute atomic E-state index is 0.0418. The molecule has 1 aromatic carbocycles. The number of hydrogen-bond acceptors (Lipinski definition) is 9. The van der Waals surface area contributed by atoms with Gasteiger partial charge in [0.1, 0.15) is 0 Å². The molecule has 0 bridgehead atoms. The van der Waals surface area contributed by atoms with Gasteiger partial charge in [0.2, 0.25) is 5.01 Å². The number of carbonyl (C=O) groups is 1. The van der Waals surface area contributed by atoms with Crippen LogP contribution >= 0.6 is 46.3 Å². The number of fused-ring (bicyclic) bond motifs is 1. The molecule has 2 atom stereocenters. The van der Waals surface area contributed by atoms with Crippen LogP contribution in [0.15, 0.2) is 44.7 Å². The molecule has 0 saturated heterocycles. The number of rotatable bonds is 8. The van der Waals surface area contributed by atoms with Crippen molar-refractivity contribution in [1.82, 2.24) is 25.4 Å². The number of amides is 1. The second-order valence-electron chi connectivity index (χ2n) is 7.44. The molecule has 0 aliphatic carbocycles. The van der Waals surface area contributed by atoms with Crippen molar-refractivity contribution < 1.29 is 9.00 Å². The third kappa shape index (κ3) is 5.91. The minimum Gasteiger partial charge on any atom is -0.320 e. The topological polar surface area (TPSA) is 100 Å². The molecule has 2 N–H and O–H groups in total. The summed E-state index contributed by atoms with van der Waals surface area (Å²) in [5, 5.41) is 15.3. The SMILES string of the molecule is CN(C)CCNC1CS(=O)c2cc(NC(=O)c3nnc(Sc4c(Cl)cncc4Cl)s3)ccc21. The molecule has 174 valence electrons. The number of anilines is 1. The number of pyridine rings is 1. The van der Waals surface area contributed by atoms with Crippen molar-refractivity contribution in [1.29, 1.82) is 0 Å². The molecule has 0 spiro atoms. The maximum absolute atomic E-state index is 12.7. The Bertz CT molecular complexity index is 1190. The Kier molecular flexibility index (Phi) is 8.00. The fourth-order valence-corrected chi connectivity index (χ4v) is 6.96. The number of carbonyl (C=O) groups excluding carboxylic acids is 1. The smallest absolute Gasteiger partial charge is 0.286 e. The van der Waals surface area contributed by atoms with Crippen LogP contribution < -0.4 is 10.6 Å². The lowest BCUT2D eigenvalue weighted by molar-refractivity contribution is 0.102.